The van der Waals surface area contributed by atoms with Gasteiger partial charge >= 0.3 is 8.80 Å². The standard InChI is InChI=1S/C9H12.C7H14.C5H14O3Si/c1-2-6-9-7-4-3-5-8-9;1-7-5-3-2-4-6-7;1-5-9(6-2,7-3)8-4/h3-5,7-8H,2,6H2,1H3;7H,2-6H2,1H3;5H2,1-4H3. The zero-order valence-electron chi connectivity index (χ0n) is 17.3. The first-order chi connectivity index (χ1) is 12.1. The van der Waals surface area contributed by atoms with E-state index < -0.39 is 8.80 Å². The average Bonchev–Trinajstić information content (AvgIpc) is 2.67. The molecule has 0 bridgehead atoms. The molecule has 1 aromatic rings. The van der Waals surface area contributed by atoms with Gasteiger partial charge in [-0.1, -0.05) is 89.6 Å². The number of hydrogen-bond donors (Lipinski definition) is 0. The van der Waals surface area contributed by atoms with Crippen molar-refractivity contribution in [2.24, 2.45) is 5.92 Å². The highest BCUT2D eigenvalue weighted by atomic mass is 28.4. The molecule has 25 heavy (non-hydrogen) atoms. The Labute approximate surface area is 157 Å². The number of hydrogen-bond acceptors (Lipinski definition) is 3. The van der Waals surface area contributed by atoms with Crippen LogP contribution >= 0.6 is 0 Å². The van der Waals surface area contributed by atoms with Crippen molar-refractivity contribution in [1.29, 1.82) is 0 Å². The van der Waals surface area contributed by atoms with Crippen LogP contribution in [-0.2, 0) is 19.7 Å². The fourth-order valence-electron chi connectivity index (χ4n) is 2.92. The van der Waals surface area contributed by atoms with Crippen LogP contribution in [0.25, 0.3) is 0 Å². The SMILES string of the molecule is CC1CCCCC1.CCCc1ccccc1.CC[Si](OC)(OC)OC. The van der Waals surface area contributed by atoms with Crippen molar-refractivity contribution in [1.82, 2.24) is 0 Å². The average molecular weight is 369 g/mol. The van der Waals surface area contributed by atoms with E-state index >= 15 is 0 Å². The largest absolute Gasteiger partial charge is 0.499 e. The molecule has 3 nitrogen and oxygen atoms in total. The predicted octanol–water partition coefficient (Wildman–Crippen LogP) is 6.11. The molecule has 1 aliphatic carbocycles. The molecule has 0 aromatic heterocycles. The van der Waals surface area contributed by atoms with Crippen LogP contribution in [0.3, 0.4) is 0 Å². The molecule has 0 heterocycles. The zero-order chi connectivity index (χ0) is 19.0. The van der Waals surface area contributed by atoms with E-state index in [4.69, 9.17) is 13.3 Å². The van der Waals surface area contributed by atoms with Crippen LogP contribution < -0.4 is 0 Å². The summed E-state index contributed by atoms with van der Waals surface area (Å²) in [6.07, 6.45) is 9.89. The molecule has 1 saturated carbocycles. The van der Waals surface area contributed by atoms with Crippen LogP contribution in [0.15, 0.2) is 30.3 Å². The second-order valence-corrected chi connectivity index (χ2v) is 9.93. The summed E-state index contributed by atoms with van der Waals surface area (Å²) in [5.41, 5.74) is 1.44. The predicted molar refractivity (Wildman–Crippen MR) is 110 cm³/mol. The maximum absolute atomic E-state index is 5.08. The Hall–Kier alpha value is -0.683. The number of benzene rings is 1. The Morgan fingerprint density at radius 3 is 1.68 bits per heavy atom. The van der Waals surface area contributed by atoms with Crippen molar-refractivity contribution >= 4 is 8.80 Å². The Balaban J connectivity index is 0.000000348. The minimum Gasteiger partial charge on any atom is -0.377 e. The van der Waals surface area contributed by atoms with Crippen LogP contribution in [0.2, 0.25) is 6.04 Å². The minimum atomic E-state index is -2.19. The Bertz CT molecular complexity index is 370. The van der Waals surface area contributed by atoms with Crippen LogP contribution in [0.1, 0.15) is 64.9 Å². The van der Waals surface area contributed by atoms with Gasteiger partial charge in [0.15, 0.2) is 0 Å². The van der Waals surface area contributed by atoms with E-state index in [2.05, 4.69) is 44.2 Å². The summed E-state index contributed by atoms with van der Waals surface area (Å²) in [5.74, 6) is 1.04. The highest BCUT2D eigenvalue weighted by molar-refractivity contribution is 6.60. The monoisotopic (exact) mass is 368 g/mol. The lowest BCUT2D eigenvalue weighted by atomic mass is 9.91. The normalized spacial score (nSPS) is 14.8. The summed E-state index contributed by atoms with van der Waals surface area (Å²) in [7, 11) is 2.65. The lowest BCUT2D eigenvalue weighted by molar-refractivity contribution is 0.125. The maximum Gasteiger partial charge on any atom is 0.499 e. The van der Waals surface area contributed by atoms with Crippen LogP contribution in [0.4, 0.5) is 0 Å². The Kier molecular flexibility index (Phi) is 15.1. The summed E-state index contributed by atoms with van der Waals surface area (Å²) < 4.78 is 15.2. The van der Waals surface area contributed by atoms with Crippen LogP contribution in [0.5, 0.6) is 0 Å². The van der Waals surface area contributed by atoms with Gasteiger partial charge in [-0.2, -0.15) is 0 Å². The Morgan fingerprint density at radius 1 is 0.880 bits per heavy atom. The van der Waals surface area contributed by atoms with Gasteiger partial charge in [0.1, 0.15) is 0 Å². The highest BCUT2D eigenvalue weighted by Crippen LogP contribution is 2.22. The van der Waals surface area contributed by atoms with Crippen molar-refractivity contribution in [3.05, 3.63) is 35.9 Å². The van der Waals surface area contributed by atoms with E-state index in [1.165, 1.54) is 50.5 Å². The molecular weight excluding hydrogens is 328 g/mol. The molecule has 1 aromatic carbocycles. The van der Waals surface area contributed by atoms with Gasteiger partial charge in [0, 0.05) is 27.4 Å². The molecule has 0 saturated heterocycles. The number of rotatable bonds is 6. The fourth-order valence-corrected chi connectivity index (χ4v) is 4.29. The third kappa shape index (κ3) is 11.5. The van der Waals surface area contributed by atoms with Crippen molar-refractivity contribution < 1.29 is 13.3 Å². The van der Waals surface area contributed by atoms with Crippen molar-refractivity contribution in [3.63, 3.8) is 0 Å². The van der Waals surface area contributed by atoms with Gasteiger partial charge in [-0.3, -0.25) is 0 Å². The molecular formula is C21H40O3Si. The van der Waals surface area contributed by atoms with Gasteiger partial charge in [-0.15, -0.1) is 0 Å². The quantitative estimate of drug-likeness (QED) is 0.567. The molecule has 4 heteroatoms. The van der Waals surface area contributed by atoms with Gasteiger partial charge in [0.25, 0.3) is 0 Å². The molecule has 0 unspecified atom stereocenters. The lowest BCUT2D eigenvalue weighted by Crippen LogP contribution is -2.41. The van der Waals surface area contributed by atoms with Gasteiger partial charge < -0.3 is 13.3 Å². The molecule has 146 valence electrons. The van der Waals surface area contributed by atoms with Gasteiger partial charge in [0.05, 0.1) is 0 Å². The summed E-state index contributed by atoms with van der Waals surface area (Å²) in [6.45, 7) is 6.55. The molecule has 0 radical (unpaired) electrons. The molecule has 0 atom stereocenters. The second kappa shape index (κ2) is 15.6. The molecule has 1 fully saturated rings. The van der Waals surface area contributed by atoms with E-state index in [1.54, 1.807) is 21.3 Å². The van der Waals surface area contributed by atoms with Gasteiger partial charge in [-0.25, -0.2) is 0 Å². The number of aryl methyl sites for hydroxylation is 1. The fraction of sp³-hybridized carbons (Fsp3) is 0.714. The molecule has 2 rings (SSSR count). The first kappa shape index (κ1) is 24.3. The first-order valence-electron chi connectivity index (χ1n) is 9.76. The van der Waals surface area contributed by atoms with Crippen molar-refractivity contribution in [3.8, 4) is 0 Å². The summed E-state index contributed by atoms with van der Waals surface area (Å²) in [6, 6.07) is 11.4. The van der Waals surface area contributed by atoms with E-state index in [-0.39, 0.29) is 0 Å². The first-order valence-corrected chi connectivity index (χ1v) is 11.7. The summed E-state index contributed by atoms with van der Waals surface area (Å²) in [5, 5.41) is 0. The zero-order valence-corrected chi connectivity index (χ0v) is 18.3. The third-order valence-corrected chi connectivity index (χ3v) is 7.37. The van der Waals surface area contributed by atoms with Gasteiger partial charge in [-0.05, 0) is 17.9 Å². The minimum absolute atomic E-state index is 0.816. The van der Waals surface area contributed by atoms with Gasteiger partial charge in [0.2, 0.25) is 0 Å². The Morgan fingerprint density at radius 2 is 1.40 bits per heavy atom. The van der Waals surface area contributed by atoms with E-state index in [1.807, 2.05) is 6.92 Å². The van der Waals surface area contributed by atoms with Crippen molar-refractivity contribution in [2.75, 3.05) is 21.3 Å². The lowest BCUT2D eigenvalue weighted by Gasteiger charge is -2.22. The highest BCUT2D eigenvalue weighted by Gasteiger charge is 2.34. The topological polar surface area (TPSA) is 27.7 Å². The van der Waals surface area contributed by atoms with E-state index in [0.29, 0.717) is 0 Å². The van der Waals surface area contributed by atoms with Crippen LogP contribution in [0, 0.1) is 5.92 Å². The molecule has 0 N–H and O–H groups in total. The van der Waals surface area contributed by atoms with Crippen molar-refractivity contribution in [2.45, 2.75) is 71.8 Å². The second-order valence-electron chi connectivity index (χ2n) is 6.63. The molecule has 1 aliphatic rings. The maximum atomic E-state index is 5.08. The molecule has 0 spiro atoms. The molecule has 0 aliphatic heterocycles. The van der Waals surface area contributed by atoms with E-state index in [0.717, 1.165) is 12.0 Å². The third-order valence-electron chi connectivity index (χ3n) is 4.64. The summed E-state index contributed by atoms with van der Waals surface area (Å²) in [4.78, 5) is 0. The summed E-state index contributed by atoms with van der Waals surface area (Å²) >= 11 is 0. The van der Waals surface area contributed by atoms with E-state index in [9.17, 15) is 0 Å². The molecule has 0 amide bonds. The smallest absolute Gasteiger partial charge is 0.377 e. The van der Waals surface area contributed by atoms with Crippen LogP contribution in [-0.4, -0.2) is 30.1 Å².